The summed E-state index contributed by atoms with van der Waals surface area (Å²) in [5.41, 5.74) is 4.49. The summed E-state index contributed by atoms with van der Waals surface area (Å²) in [6, 6.07) is 4.64. The van der Waals surface area contributed by atoms with Crippen LogP contribution in [0.1, 0.15) is 54.2 Å². The van der Waals surface area contributed by atoms with Gasteiger partial charge in [0.25, 0.3) is 0 Å². The highest BCUT2D eigenvalue weighted by Gasteiger charge is 2.65. The summed E-state index contributed by atoms with van der Waals surface area (Å²) < 4.78 is 30.8. The first-order valence-corrected chi connectivity index (χ1v) is 12.4. The second-order valence-electron chi connectivity index (χ2n) is 11.2. The molecule has 2 fully saturated rings. The van der Waals surface area contributed by atoms with Gasteiger partial charge >= 0.3 is 12.1 Å². The zero-order valence-electron chi connectivity index (χ0n) is 22.5. The maximum atomic E-state index is 13.0. The van der Waals surface area contributed by atoms with Gasteiger partial charge in [0, 0.05) is 0 Å². The number of alkyl carbamates (subject to hydrolysis) is 1. The molecule has 5 atom stereocenters. The highest BCUT2D eigenvalue weighted by atomic mass is 16.8. The van der Waals surface area contributed by atoms with Crippen LogP contribution in [0.5, 0.6) is 0 Å². The number of nitrogens with two attached hydrogens (primary N) is 1. The molecule has 0 saturated carbocycles. The van der Waals surface area contributed by atoms with Gasteiger partial charge < -0.3 is 34.7 Å². The third kappa shape index (κ3) is 5.11. The third-order valence-electron chi connectivity index (χ3n) is 6.24. The Morgan fingerprint density at radius 3 is 2.61 bits per heavy atom. The van der Waals surface area contributed by atoms with E-state index in [0.717, 1.165) is 0 Å². The van der Waals surface area contributed by atoms with Crippen molar-refractivity contribution < 1.29 is 33.3 Å². The standard InChI is InChI=1S/C25H34N6O7/c1-13(2)17(30-22(33)38-23(3,4)5)21(32)34-10-15-18-19(37-24(6,7)36-18)25(11-26,35-15)16-9-8-14-20(27)28-12-29-31(14)16/h8-9,12-13,15,17-19H,10H2,1-7H3,(H,30,33)(H2,27,28,29)/t15-,17-,18-,19-,25+/m1/s1. The van der Waals surface area contributed by atoms with Crippen molar-refractivity contribution in [2.45, 2.75) is 89.8 Å². The van der Waals surface area contributed by atoms with Crippen LogP contribution in [-0.2, 0) is 34.1 Å². The van der Waals surface area contributed by atoms with E-state index in [1.165, 1.54) is 10.8 Å². The van der Waals surface area contributed by atoms with Gasteiger partial charge in [-0.15, -0.1) is 0 Å². The molecule has 0 spiro atoms. The van der Waals surface area contributed by atoms with E-state index in [-0.39, 0.29) is 18.3 Å². The van der Waals surface area contributed by atoms with Crippen LogP contribution in [0.4, 0.5) is 10.6 Å². The molecule has 0 bridgehead atoms. The molecule has 0 aromatic carbocycles. The van der Waals surface area contributed by atoms with Crippen LogP contribution in [0.25, 0.3) is 5.52 Å². The van der Waals surface area contributed by atoms with Gasteiger partial charge in [-0.1, -0.05) is 13.8 Å². The van der Waals surface area contributed by atoms with Crippen LogP contribution < -0.4 is 11.1 Å². The maximum Gasteiger partial charge on any atom is 0.408 e. The Morgan fingerprint density at radius 2 is 1.97 bits per heavy atom. The first kappa shape index (κ1) is 27.6. The monoisotopic (exact) mass is 530 g/mol. The average molecular weight is 531 g/mol. The summed E-state index contributed by atoms with van der Waals surface area (Å²) in [5, 5.41) is 17.2. The molecule has 206 valence electrons. The van der Waals surface area contributed by atoms with Crippen LogP contribution in [0.3, 0.4) is 0 Å². The fraction of sp³-hybridized carbons (Fsp3) is 0.640. The van der Waals surface area contributed by atoms with Gasteiger partial charge in [-0.2, -0.15) is 10.4 Å². The summed E-state index contributed by atoms with van der Waals surface area (Å²) in [6.07, 6.45) is -1.91. The van der Waals surface area contributed by atoms with Gasteiger partial charge in [0.05, 0.1) is 5.69 Å². The van der Waals surface area contributed by atoms with Gasteiger partial charge in [-0.3, -0.25) is 0 Å². The summed E-state index contributed by atoms with van der Waals surface area (Å²) in [7, 11) is 0. The number of fused-ring (bicyclic) bond motifs is 2. The van der Waals surface area contributed by atoms with E-state index in [2.05, 4.69) is 21.5 Å². The smallest absolute Gasteiger partial charge is 0.408 e. The van der Waals surface area contributed by atoms with E-state index < -0.39 is 53.4 Å². The van der Waals surface area contributed by atoms with Crippen molar-refractivity contribution in [1.29, 1.82) is 5.26 Å². The number of ether oxygens (including phenoxy) is 5. The second kappa shape index (κ2) is 9.68. The zero-order chi connectivity index (χ0) is 28.0. The van der Waals surface area contributed by atoms with Crippen LogP contribution in [0.2, 0.25) is 0 Å². The third-order valence-corrected chi connectivity index (χ3v) is 6.24. The van der Waals surface area contributed by atoms with E-state index in [9.17, 15) is 14.9 Å². The number of anilines is 1. The lowest BCUT2D eigenvalue weighted by Gasteiger charge is -2.29. The number of hydrogen-bond acceptors (Lipinski definition) is 11. The Bertz CT molecular complexity index is 1260. The molecule has 3 N–H and O–H groups in total. The van der Waals surface area contributed by atoms with Gasteiger partial charge in [-0.05, 0) is 52.7 Å². The van der Waals surface area contributed by atoms with Crippen molar-refractivity contribution in [2.75, 3.05) is 12.3 Å². The molecule has 38 heavy (non-hydrogen) atoms. The van der Waals surface area contributed by atoms with Crippen molar-refractivity contribution >= 4 is 23.4 Å². The number of nitriles is 1. The first-order chi connectivity index (χ1) is 17.7. The van der Waals surface area contributed by atoms with Gasteiger partial charge in [0.15, 0.2) is 11.6 Å². The molecule has 4 rings (SSSR count). The number of nitrogens with zero attached hydrogens (tertiary/aromatic N) is 4. The number of carbonyl (C=O) groups is 2. The number of nitrogens with one attached hydrogen (secondary N) is 1. The molecular weight excluding hydrogens is 496 g/mol. The van der Waals surface area contributed by atoms with E-state index >= 15 is 0 Å². The second-order valence-corrected chi connectivity index (χ2v) is 11.2. The highest BCUT2D eigenvalue weighted by molar-refractivity contribution is 5.81. The largest absolute Gasteiger partial charge is 0.461 e. The molecule has 2 aliphatic rings. The molecule has 1 amide bonds. The number of amides is 1. The van der Waals surface area contributed by atoms with Crippen molar-refractivity contribution in [3.8, 4) is 6.07 Å². The first-order valence-electron chi connectivity index (χ1n) is 12.4. The fourth-order valence-corrected chi connectivity index (χ4v) is 4.65. The number of esters is 1. The molecule has 2 saturated heterocycles. The summed E-state index contributed by atoms with van der Waals surface area (Å²) in [6.45, 7) is 11.9. The minimum absolute atomic E-state index is 0.237. The number of nitrogen functional groups attached to an aromatic ring is 1. The van der Waals surface area contributed by atoms with E-state index in [0.29, 0.717) is 11.2 Å². The SMILES string of the molecule is CC(C)[C@@H](NC(=O)OC(C)(C)C)C(=O)OC[C@H]1O[C@@](C#N)(c2ccc3c(N)ncnn23)[C@@H]2OC(C)(C)O[C@@H]21. The van der Waals surface area contributed by atoms with Gasteiger partial charge in [0.2, 0.25) is 5.60 Å². The Morgan fingerprint density at radius 1 is 1.26 bits per heavy atom. The quantitative estimate of drug-likeness (QED) is 0.523. The van der Waals surface area contributed by atoms with Gasteiger partial charge in [-0.25, -0.2) is 19.1 Å². The van der Waals surface area contributed by atoms with Crippen molar-refractivity contribution in [1.82, 2.24) is 19.9 Å². The maximum absolute atomic E-state index is 13.0. The lowest BCUT2D eigenvalue weighted by atomic mass is 9.92. The summed E-state index contributed by atoms with van der Waals surface area (Å²) >= 11 is 0. The number of hydrogen-bond donors (Lipinski definition) is 2. The lowest BCUT2D eigenvalue weighted by molar-refractivity contribution is -0.207. The van der Waals surface area contributed by atoms with E-state index in [1.54, 1.807) is 60.6 Å². The number of carbonyl (C=O) groups excluding carboxylic acids is 2. The van der Waals surface area contributed by atoms with Crippen molar-refractivity contribution in [3.05, 3.63) is 24.2 Å². The molecule has 2 aliphatic heterocycles. The molecule has 0 unspecified atom stereocenters. The average Bonchev–Trinajstić information content (AvgIpc) is 3.45. The molecular formula is C25H34N6O7. The molecule has 4 heterocycles. The zero-order valence-corrected chi connectivity index (χ0v) is 22.5. The Hall–Kier alpha value is -3.47. The summed E-state index contributed by atoms with van der Waals surface area (Å²) in [5.74, 6) is -1.75. The normalized spacial score (nSPS) is 27.1. The van der Waals surface area contributed by atoms with Crippen molar-refractivity contribution in [3.63, 3.8) is 0 Å². The van der Waals surface area contributed by atoms with Crippen LogP contribution >= 0.6 is 0 Å². The van der Waals surface area contributed by atoms with E-state index in [1.807, 2.05) is 0 Å². The van der Waals surface area contributed by atoms with Crippen LogP contribution in [0.15, 0.2) is 18.5 Å². The van der Waals surface area contributed by atoms with Crippen LogP contribution in [0, 0.1) is 17.2 Å². The minimum Gasteiger partial charge on any atom is -0.461 e. The molecule has 13 heteroatoms. The van der Waals surface area contributed by atoms with Gasteiger partial charge in [0.1, 0.15) is 54.5 Å². The predicted octanol–water partition coefficient (Wildman–Crippen LogP) is 2.04. The predicted molar refractivity (Wildman–Crippen MR) is 132 cm³/mol. The fourth-order valence-electron chi connectivity index (χ4n) is 4.65. The van der Waals surface area contributed by atoms with Crippen LogP contribution in [-0.4, -0.2) is 69.0 Å². The molecule has 0 aliphatic carbocycles. The van der Waals surface area contributed by atoms with E-state index in [4.69, 9.17) is 29.4 Å². The topological polar surface area (TPSA) is 172 Å². The minimum atomic E-state index is -1.64. The molecule has 0 radical (unpaired) electrons. The number of aromatic nitrogens is 3. The Kier molecular flexibility index (Phi) is 7.02. The summed E-state index contributed by atoms with van der Waals surface area (Å²) in [4.78, 5) is 29.3. The molecule has 2 aromatic heterocycles. The Labute approximate surface area is 220 Å². The highest BCUT2D eigenvalue weighted by Crippen LogP contribution is 2.49. The lowest BCUT2D eigenvalue weighted by Crippen LogP contribution is -2.48. The molecule has 13 nitrogen and oxygen atoms in total. The Balaban J connectivity index is 1.57. The number of rotatable bonds is 6. The van der Waals surface area contributed by atoms with Crippen molar-refractivity contribution in [2.24, 2.45) is 5.92 Å². The molecule has 2 aromatic rings.